The number of aliphatic imine (C=N–C) groups is 1. The number of amides is 1. The van der Waals surface area contributed by atoms with Crippen molar-refractivity contribution in [3.05, 3.63) is 64.6 Å². The van der Waals surface area contributed by atoms with Gasteiger partial charge < -0.3 is 10.1 Å². The molecule has 144 valence electrons. The summed E-state index contributed by atoms with van der Waals surface area (Å²) in [6, 6.07) is 7.46. The predicted molar refractivity (Wildman–Crippen MR) is 115 cm³/mol. The zero-order chi connectivity index (χ0) is 19.8. The predicted octanol–water partition coefficient (Wildman–Crippen LogP) is 4.29. The Hall–Kier alpha value is -2.71. The highest BCUT2D eigenvalue weighted by atomic mass is 32.2. The first-order valence-electron chi connectivity index (χ1n) is 8.65. The van der Waals surface area contributed by atoms with Gasteiger partial charge in [-0.2, -0.15) is 0 Å². The van der Waals surface area contributed by atoms with Crippen molar-refractivity contribution in [1.82, 2.24) is 10.2 Å². The SMILES string of the molecule is C/C=C\C=C1/CN=CC=C1Sc1nnc(NC(=O)Cc2ccccc2OC)s1. The molecule has 0 unspecified atom stereocenters. The van der Waals surface area contributed by atoms with Gasteiger partial charge in [-0.1, -0.05) is 59.5 Å². The molecule has 8 heteroatoms. The number of hydrogen-bond acceptors (Lipinski definition) is 7. The van der Waals surface area contributed by atoms with E-state index < -0.39 is 0 Å². The second kappa shape index (κ2) is 10.0. The molecule has 0 bridgehead atoms. The minimum atomic E-state index is -0.158. The normalized spacial score (nSPS) is 15.1. The Morgan fingerprint density at radius 3 is 3.04 bits per heavy atom. The van der Waals surface area contributed by atoms with Crippen LogP contribution >= 0.6 is 23.1 Å². The summed E-state index contributed by atoms with van der Waals surface area (Å²) >= 11 is 2.87. The number of ether oxygens (including phenoxy) is 1. The summed E-state index contributed by atoms with van der Waals surface area (Å²) in [6.45, 7) is 2.62. The van der Waals surface area contributed by atoms with Crippen LogP contribution in [0.15, 0.2) is 68.4 Å². The van der Waals surface area contributed by atoms with Crippen molar-refractivity contribution in [2.24, 2.45) is 4.99 Å². The van der Waals surface area contributed by atoms with Crippen LogP contribution in [0.25, 0.3) is 0 Å². The van der Waals surface area contributed by atoms with E-state index in [-0.39, 0.29) is 12.3 Å². The number of anilines is 1. The Morgan fingerprint density at radius 2 is 2.21 bits per heavy atom. The number of methoxy groups -OCH3 is 1. The molecule has 2 aromatic rings. The van der Waals surface area contributed by atoms with Crippen molar-refractivity contribution in [1.29, 1.82) is 0 Å². The summed E-state index contributed by atoms with van der Waals surface area (Å²) in [5.74, 6) is 0.535. The Labute approximate surface area is 172 Å². The summed E-state index contributed by atoms with van der Waals surface area (Å²) in [4.78, 5) is 17.7. The lowest BCUT2D eigenvalue weighted by atomic mass is 10.1. The van der Waals surface area contributed by atoms with E-state index in [4.69, 9.17) is 4.74 Å². The molecule has 0 saturated heterocycles. The van der Waals surface area contributed by atoms with E-state index in [1.165, 1.54) is 23.1 Å². The van der Waals surface area contributed by atoms with Gasteiger partial charge in [0.1, 0.15) is 5.75 Å². The Kier molecular flexibility index (Phi) is 7.16. The number of allylic oxidation sites excluding steroid dienone is 4. The Morgan fingerprint density at radius 1 is 1.36 bits per heavy atom. The molecular weight excluding hydrogens is 392 g/mol. The lowest BCUT2D eigenvalue weighted by molar-refractivity contribution is -0.115. The molecule has 1 aromatic heterocycles. The van der Waals surface area contributed by atoms with Crippen LogP contribution in [-0.2, 0) is 11.2 Å². The van der Waals surface area contributed by atoms with E-state index in [1.54, 1.807) is 13.3 Å². The quantitative estimate of drug-likeness (QED) is 0.687. The van der Waals surface area contributed by atoms with Crippen molar-refractivity contribution in [3.8, 4) is 5.75 Å². The summed E-state index contributed by atoms with van der Waals surface area (Å²) < 4.78 is 6.05. The van der Waals surface area contributed by atoms with Crippen LogP contribution in [0, 0.1) is 0 Å². The van der Waals surface area contributed by atoms with Gasteiger partial charge in [0.2, 0.25) is 11.0 Å². The maximum absolute atomic E-state index is 12.3. The van der Waals surface area contributed by atoms with Gasteiger partial charge in [-0.25, -0.2) is 0 Å². The maximum Gasteiger partial charge on any atom is 0.230 e. The number of rotatable bonds is 7. The fraction of sp³-hybridized carbons (Fsp3) is 0.200. The van der Waals surface area contributed by atoms with E-state index in [1.807, 2.05) is 55.5 Å². The Balaban J connectivity index is 1.63. The molecule has 0 spiro atoms. The van der Waals surface area contributed by atoms with Crippen molar-refractivity contribution in [2.45, 2.75) is 17.7 Å². The number of nitrogens with zero attached hydrogens (tertiary/aromatic N) is 3. The molecule has 0 aliphatic carbocycles. The molecule has 0 atom stereocenters. The summed E-state index contributed by atoms with van der Waals surface area (Å²) in [7, 11) is 1.59. The lowest BCUT2D eigenvalue weighted by Gasteiger charge is -2.10. The van der Waals surface area contributed by atoms with Gasteiger partial charge in [0.25, 0.3) is 0 Å². The summed E-state index contributed by atoms with van der Waals surface area (Å²) in [5, 5.41) is 11.6. The molecule has 0 saturated carbocycles. The average molecular weight is 413 g/mol. The van der Waals surface area contributed by atoms with E-state index in [0.29, 0.717) is 17.4 Å². The highest BCUT2D eigenvalue weighted by Crippen LogP contribution is 2.36. The second-order valence-corrected chi connectivity index (χ2v) is 8.02. The molecule has 28 heavy (non-hydrogen) atoms. The van der Waals surface area contributed by atoms with Gasteiger partial charge >= 0.3 is 0 Å². The zero-order valence-corrected chi connectivity index (χ0v) is 17.2. The Bertz CT molecular complexity index is 961. The number of dihydropyridines is 1. The smallest absolute Gasteiger partial charge is 0.230 e. The van der Waals surface area contributed by atoms with Crippen LogP contribution in [0.4, 0.5) is 5.13 Å². The molecule has 0 fully saturated rings. The molecule has 2 heterocycles. The molecule has 3 rings (SSSR count). The number of thioether (sulfide) groups is 1. The molecule has 0 radical (unpaired) electrons. The maximum atomic E-state index is 12.3. The highest BCUT2D eigenvalue weighted by Gasteiger charge is 2.15. The number of para-hydroxylation sites is 1. The molecule has 1 N–H and O–H groups in total. The van der Waals surface area contributed by atoms with Crippen LogP contribution in [-0.4, -0.2) is 36.0 Å². The number of hydrogen-bond donors (Lipinski definition) is 1. The number of benzene rings is 1. The average Bonchev–Trinajstić information content (AvgIpc) is 3.14. The van der Waals surface area contributed by atoms with Gasteiger partial charge in [0.15, 0.2) is 4.34 Å². The van der Waals surface area contributed by atoms with E-state index >= 15 is 0 Å². The molecule has 1 aliphatic rings. The van der Waals surface area contributed by atoms with Gasteiger partial charge in [-0.05, 0) is 24.6 Å². The number of carbonyl (C=O) groups excluding carboxylic acids is 1. The molecule has 1 aromatic carbocycles. The van der Waals surface area contributed by atoms with Crippen LogP contribution in [0.5, 0.6) is 5.75 Å². The van der Waals surface area contributed by atoms with Crippen molar-refractivity contribution in [2.75, 3.05) is 19.0 Å². The number of nitrogens with one attached hydrogen (secondary N) is 1. The van der Waals surface area contributed by atoms with Crippen LogP contribution < -0.4 is 10.1 Å². The van der Waals surface area contributed by atoms with E-state index in [0.717, 1.165) is 20.4 Å². The first-order valence-corrected chi connectivity index (χ1v) is 10.3. The van der Waals surface area contributed by atoms with Gasteiger partial charge in [0.05, 0.1) is 20.1 Å². The van der Waals surface area contributed by atoms with E-state index in [9.17, 15) is 4.79 Å². The topological polar surface area (TPSA) is 76.5 Å². The van der Waals surface area contributed by atoms with Crippen LogP contribution in [0.2, 0.25) is 0 Å². The third kappa shape index (κ3) is 5.40. The van der Waals surface area contributed by atoms with Crippen molar-refractivity contribution >= 4 is 40.4 Å². The second-order valence-electron chi connectivity index (χ2n) is 5.75. The minimum absolute atomic E-state index is 0.158. The van der Waals surface area contributed by atoms with Crippen molar-refractivity contribution in [3.63, 3.8) is 0 Å². The third-order valence-corrected chi connectivity index (χ3v) is 5.80. The van der Waals surface area contributed by atoms with E-state index in [2.05, 4.69) is 20.5 Å². The van der Waals surface area contributed by atoms with Gasteiger partial charge in [-0.3, -0.25) is 9.79 Å². The standard InChI is InChI=1S/C20H20N4O2S2/c1-3-4-7-15-13-21-11-10-17(15)27-20-24-23-19(28-20)22-18(25)12-14-8-5-6-9-16(14)26-2/h3-11H,12-13H2,1-2H3,(H,22,23,25)/b4-3-,15-7+. The lowest BCUT2D eigenvalue weighted by Crippen LogP contribution is -2.14. The third-order valence-electron chi connectivity index (χ3n) is 3.79. The first kappa shape index (κ1) is 20.0. The van der Waals surface area contributed by atoms with Crippen LogP contribution in [0.1, 0.15) is 12.5 Å². The monoisotopic (exact) mass is 412 g/mol. The van der Waals surface area contributed by atoms with Crippen molar-refractivity contribution < 1.29 is 9.53 Å². The number of aromatic nitrogens is 2. The van der Waals surface area contributed by atoms with Gasteiger partial charge in [0, 0.05) is 16.7 Å². The fourth-order valence-corrected chi connectivity index (χ4v) is 4.31. The van der Waals surface area contributed by atoms with Gasteiger partial charge in [-0.15, -0.1) is 10.2 Å². The summed E-state index contributed by atoms with van der Waals surface area (Å²) in [5.41, 5.74) is 1.95. The summed E-state index contributed by atoms with van der Waals surface area (Å²) in [6.07, 6.45) is 10.00. The number of carbonyl (C=O) groups is 1. The minimum Gasteiger partial charge on any atom is -0.496 e. The fourth-order valence-electron chi connectivity index (χ4n) is 2.48. The highest BCUT2D eigenvalue weighted by molar-refractivity contribution is 8.05. The molecule has 6 nitrogen and oxygen atoms in total. The molecule has 1 aliphatic heterocycles. The first-order chi connectivity index (χ1) is 13.7. The molecular formula is C20H20N4O2S2. The largest absolute Gasteiger partial charge is 0.496 e. The zero-order valence-electron chi connectivity index (χ0n) is 15.6. The molecule has 1 amide bonds. The van der Waals surface area contributed by atoms with Crippen LogP contribution in [0.3, 0.4) is 0 Å².